The number of nitrogens with one attached hydrogen (secondary N) is 2. The van der Waals surface area contributed by atoms with E-state index in [2.05, 4.69) is 43.0 Å². The summed E-state index contributed by atoms with van der Waals surface area (Å²) in [4.78, 5) is 4.26. The van der Waals surface area contributed by atoms with Crippen molar-refractivity contribution in [2.45, 2.75) is 52.2 Å². The van der Waals surface area contributed by atoms with Crippen LogP contribution in [0.5, 0.6) is 0 Å². The predicted octanol–water partition coefficient (Wildman–Crippen LogP) is 2.94. The van der Waals surface area contributed by atoms with E-state index in [1.165, 1.54) is 0 Å². The van der Waals surface area contributed by atoms with E-state index in [-0.39, 0.29) is 29.4 Å². The van der Waals surface area contributed by atoms with Crippen molar-refractivity contribution in [2.75, 3.05) is 20.2 Å². The molecule has 0 aromatic heterocycles. The molecule has 0 aromatic rings. The van der Waals surface area contributed by atoms with Crippen LogP contribution in [0, 0.1) is 5.41 Å². The van der Waals surface area contributed by atoms with Gasteiger partial charge in [0.2, 0.25) is 0 Å². The van der Waals surface area contributed by atoms with Crippen molar-refractivity contribution in [3.63, 3.8) is 0 Å². The third kappa shape index (κ3) is 4.10. The molecule has 0 spiro atoms. The van der Waals surface area contributed by atoms with Gasteiger partial charge in [-0.2, -0.15) is 0 Å². The van der Waals surface area contributed by atoms with Gasteiger partial charge in [0.05, 0.1) is 6.10 Å². The highest BCUT2D eigenvalue weighted by molar-refractivity contribution is 14.0. The van der Waals surface area contributed by atoms with Gasteiger partial charge in [0.1, 0.15) is 0 Å². The minimum atomic E-state index is 0. The lowest BCUT2D eigenvalue weighted by Crippen LogP contribution is -2.65. The molecule has 2 N–H and O–H groups in total. The molecule has 4 nitrogen and oxygen atoms in total. The number of nitrogens with zero attached hydrogens (tertiary/aromatic N) is 1. The molecule has 0 bridgehead atoms. The van der Waals surface area contributed by atoms with Crippen LogP contribution in [-0.4, -0.2) is 38.3 Å². The van der Waals surface area contributed by atoms with Crippen LogP contribution in [0.15, 0.2) is 17.6 Å². The van der Waals surface area contributed by atoms with Crippen LogP contribution >= 0.6 is 24.0 Å². The molecular formula is C15H30IN3O. The van der Waals surface area contributed by atoms with E-state index in [0.717, 1.165) is 38.4 Å². The fourth-order valence-electron chi connectivity index (χ4n) is 3.11. The Labute approximate surface area is 140 Å². The smallest absolute Gasteiger partial charge is 0.191 e. The molecule has 0 aromatic carbocycles. The van der Waals surface area contributed by atoms with Gasteiger partial charge in [-0.25, -0.2) is 0 Å². The summed E-state index contributed by atoms with van der Waals surface area (Å²) in [6.45, 7) is 11.8. The first-order valence-electron chi connectivity index (χ1n) is 7.38. The SMILES string of the molecule is C=CCNC(=NC)NC1CC(OCC)C1(CC)CC.I. The van der Waals surface area contributed by atoms with Crippen LogP contribution in [0.4, 0.5) is 0 Å². The number of aliphatic imine (C=N–C) groups is 1. The fourth-order valence-corrected chi connectivity index (χ4v) is 3.11. The quantitative estimate of drug-likeness (QED) is 0.302. The minimum absolute atomic E-state index is 0. The molecule has 0 heterocycles. The number of hydrogen-bond acceptors (Lipinski definition) is 2. The van der Waals surface area contributed by atoms with E-state index < -0.39 is 0 Å². The zero-order valence-electron chi connectivity index (χ0n) is 13.2. The maximum Gasteiger partial charge on any atom is 0.191 e. The largest absolute Gasteiger partial charge is 0.378 e. The summed E-state index contributed by atoms with van der Waals surface area (Å²) in [5.74, 6) is 0.853. The van der Waals surface area contributed by atoms with Crippen molar-refractivity contribution < 1.29 is 4.74 Å². The first-order valence-corrected chi connectivity index (χ1v) is 7.38. The maximum absolute atomic E-state index is 5.89. The van der Waals surface area contributed by atoms with Crippen molar-refractivity contribution >= 4 is 29.9 Å². The molecule has 1 fully saturated rings. The lowest BCUT2D eigenvalue weighted by Gasteiger charge is -2.55. The maximum atomic E-state index is 5.89. The highest BCUT2D eigenvalue weighted by atomic mass is 127. The van der Waals surface area contributed by atoms with Crippen molar-refractivity contribution in [3.05, 3.63) is 12.7 Å². The van der Waals surface area contributed by atoms with E-state index in [0.29, 0.717) is 12.1 Å². The molecule has 0 saturated heterocycles. The third-order valence-electron chi connectivity index (χ3n) is 4.42. The highest BCUT2D eigenvalue weighted by Crippen LogP contribution is 2.48. The first kappa shape index (κ1) is 19.7. The van der Waals surface area contributed by atoms with Crippen LogP contribution in [0.25, 0.3) is 0 Å². The number of guanidine groups is 1. The minimum Gasteiger partial charge on any atom is -0.378 e. The Morgan fingerprint density at radius 2 is 2.05 bits per heavy atom. The summed E-state index contributed by atoms with van der Waals surface area (Å²) in [6.07, 6.45) is 5.53. The van der Waals surface area contributed by atoms with Crippen LogP contribution in [0.1, 0.15) is 40.0 Å². The van der Waals surface area contributed by atoms with Gasteiger partial charge in [0.15, 0.2) is 5.96 Å². The van der Waals surface area contributed by atoms with Crippen molar-refractivity contribution in [2.24, 2.45) is 10.4 Å². The Hall–Kier alpha value is -0.300. The van der Waals surface area contributed by atoms with Gasteiger partial charge in [-0.1, -0.05) is 19.9 Å². The van der Waals surface area contributed by atoms with Crippen molar-refractivity contribution in [3.8, 4) is 0 Å². The molecule has 118 valence electrons. The normalized spacial score (nSPS) is 24.3. The molecular weight excluding hydrogens is 365 g/mol. The second-order valence-electron chi connectivity index (χ2n) is 5.06. The zero-order chi connectivity index (χ0) is 14.3. The molecule has 5 heteroatoms. The van der Waals surface area contributed by atoms with Gasteiger partial charge in [0.25, 0.3) is 0 Å². The van der Waals surface area contributed by atoms with E-state index >= 15 is 0 Å². The Bertz CT molecular complexity index is 316. The van der Waals surface area contributed by atoms with E-state index in [4.69, 9.17) is 4.74 Å². The third-order valence-corrected chi connectivity index (χ3v) is 4.42. The number of ether oxygens (including phenoxy) is 1. The van der Waals surface area contributed by atoms with E-state index in [1.807, 2.05) is 6.08 Å². The van der Waals surface area contributed by atoms with Gasteiger partial charge in [-0.05, 0) is 26.2 Å². The summed E-state index contributed by atoms with van der Waals surface area (Å²) in [5.41, 5.74) is 0.238. The van der Waals surface area contributed by atoms with Gasteiger partial charge in [0, 0.05) is 31.7 Å². The molecule has 1 rings (SSSR count). The van der Waals surface area contributed by atoms with Crippen LogP contribution in [0.2, 0.25) is 0 Å². The van der Waals surface area contributed by atoms with Crippen LogP contribution in [-0.2, 0) is 4.74 Å². The fraction of sp³-hybridized carbons (Fsp3) is 0.800. The topological polar surface area (TPSA) is 45.7 Å². The second-order valence-corrected chi connectivity index (χ2v) is 5.06. The Morgan fingerprint density at radius 1 is 1.40 bits per heavy atom. The van der Waals surface area contributed by atoms with Gasteiger partial charge in [-0.15, -0.1) is 30.6 Å². The molecule has 20 heavy (non-hydrogen) atoms. The van der Waals surface area contributed by atoms with E-state index in [9.17, 15) is 0 Å². The standard InChI is InChI=1S/C15H29N3O.HI/c1-6-10-17-14(16-5)18-12-11-13(19-9-4)15(12,7-2)8-3;/h6,12-13H,1,7-11H2,2-5H3,(H2,16,17,18);1H. The Morgan fingerprint density at radius 3 is 2.50 bits per heavy atom. The molecule has 0 amide bonds. The number of hydrogen-bond donors (Lipinski definition) is 2. The summed E-state index contributed by atoms with van der Waals surface area (Å²) >= 11 is 0. The lowest BCUT2D eigenvalue weighted by molar-refractivity contribution is -0.133. The summed E-state index contributed by atoms with van der Waals surface area (Å²) in [5, 5.41) is 6.76. The van der Waals surface area contributed by atoms with E-state index in [1.54, 1.807) is 7.05 Å². The molecule has 0 radical (unpaired) electrons. The highest BCUT2D eigenvalue weighted by Gasteiger charge is 2.53. The van der Waals surface area contributed by atoms with Crippen LogP contribution in [0.3, 0.4) is 0 Å². The lowest BCUT2D eigenvalue weighted by atomic mass is 9.58. The monoisotopic (exact) mass is 395 g/mol. The zero-order valence-corrected chi connectivity index (χ0v) is 15.6. The van der Waals surface area contributed by atoms with Gasteiger partial charge >= 0.3 is 0 Å². The van der Waals surface area contributed by atoms with Gasteiger partial charge in [-0.3, -0.25) is 4.99 Å². The molecule has 2 unspecified atom stereocenters. The summed E-state index contributed by atoms with van der Waals surface area (Å²) in [6, 6.07) is 0.440. The number of rotatable bonds is 7. The van der Waals surface area contributed by atoms with Crippen molar-refractivity contribution in [1.29, 1.82) is 0 Å². The van der Waals surface area contributed by atoms with Gasteiger partial charge < -0.3 is 15.4 Å². The summed E-state index contributed by atoms with van der Waals surface area (Å²) in [7, 11) is 1.80. The molecule has 1 aliphatic rings. The average Bonchev–Trinajstić information content (AvgIpc) is 2.42. The molecule has 2 atom stereocenters. The predicted molar refractivity (Wildman–Crippen MR) is 96.9 cm³/mol. The average molecular weight is 395 g/mol. The summed E-state index contributed by atoms with van der Waals surface area (Å²) < 4.78 is 5.89. The second kappa shape index (κ2) is 9.60. The number of halogens is 1. The molecule has 1 saturated carbocycles. The molecule has 0 aliphatic heterocycles. The van der Waals surface area contributed by atoms with Crippen molar-refractivity contribution in [1.82, 2.24) is 10.6 Å². The molecule has 1 aliphatic carbocycles. The Kier molecular flexibility index (Phi) is 9.46. The first-order chi connectivity index (χ1) is 9.18. The Balaban J connectivity index is 0.00000361. The van der Waals surface area contributed by atoms with Crippen LogP contribution < -0.4 is 10.6 Å².